The van der Waals surface area contributed by atoms with Gasteiger partial charge in [0.2, 0.25) is 0 Å². The average molecular weight is 428 g/mol. The molecule has 172 valence electrons. The summed E-state index contributed by atoms with van der Waals surface area (Å²) in [5, 5.41) is 9.46. The fourth-order valence-electron chi connectivity index (χ4n) is 3.80. The Morgan fingerprint density at radius 1 is 1.00 bits per heavy atom. The van der Waals surface area contributed by atoms with E-state index < -0.39 is 0 Å². The number of para-hydroxylation sites is 1. The largest absolute Gasteiger partial charge is 0.491 e. The number of aryl methyl sites for hydroxylation is 2. The van der Waals surface area contributed by atoms with Gasteiger partial charge in [-0.15, -0.1) is 0 Å². The lowest BCUT2D eigenvalue weighted by Crippen LogP contribution is -2.26. The van der Waals surface area contributed by atoms with E-state index in [0.29, 0.717) is 0 Å². The zero-order valence-electron chi connectivity index (χ0n) is 20.3. The predicted octanol–water partition coefficient (Wildman–Crippen LogP) is 5.91. The first-order valence-electron chi connectivity index (χ1n) is 11.7. The van der Waals surface area contributed by atoms with Gasteiger partial charge in [-0.25, -0.2) is 0 Å². The number of rotatable bonds is 13. The fraction of sp³-hybridized carbons (Fsp3) is 0.556. The first-order chi connectivity index (χ1) is 14.9. The highest BCUT2D eigenvalue weighted by Crippen LogP contribution is 2.26. The van der Waals surface area contributed by atoms with Gasteiger partial charge in [0.15, 0.2) is 0 Å². The number of aliphatic hydroxyl groups is 1. The molecule has 0 aliphatic heterocycles. The molecule has 1 atom stereocenters. The molecule has 0 radical (unpaired) electrons. The van der Waals surface area contributed by atoms with Crippen molar-refractivity contribution in [1.82, 2.24) is 4.90 Å². The van der Waals surface area contributed by atoms with Gasteiger partial charge >= 0.3 is 0 Å². The summed E-state index contributed by atoms with van der Waals surface area (Å²) in [6.45, 7) is 15.6. The van der Waals surface area contributed by atoms with Crippen LogP contribution in [0.25, 0.3) is 0 Å². The summed E-state index contributed by atoms with van der Waals surface area (Å²) >= 11 is 0. The maximum atomic E-state index is 9.46. The molecule has 1 N–H and O–H groups in total. The Kier molecular flexibility index (Phi) is 10.4. The summed E-state index contributed by atoms with van der Waals surface area (Å²) in [4.78, 5) is 2.44. The van der Waals surface area contributed by atoms with Crippen LogP contribution in [-0.4, -0.2) is 35.3 Å². The highest BCUT2D eigenvalue weighted by Gasteiger charge is 2.13. The average Bonchev–Trinajstić information content (AvgIpc) is 2.74. The molecule has 0 saturated carbocycles. The van der Waals surface area contributed by atoms with Gasteiger partial charge in [0, 0.05) is 12.1 Å². The summed E-state index contributed by atoms with van der Waals surface area (Å²) in [5.41, 5.74) is 4.55. The molecule has 4 nitrogen and oxygen atoms in total. The third-order valence-corrected chi connectivity index (χ3v) is 5.60. The van der Waals surface area contributed by atoms with Gasteiger partial charge in [0.1, 0.15) is 11.5 Å². The van der Waals surface area contributed by atoms with Gasteiger partial charge in [-0.05, 0) is 82.8 Å². The van der Waals surface area contributed by atoms with E-state index in [0.717, 1.165) is 56.0 Å². The molecule has 0 amide bonds. The smallest absolute Gasteiger partial charge is 0.125 e. The monoisotopic (exact) mass is 427 g/mol. The number of aliphatic hydroxyl groups excluding tert-OH is 1. The summed E-state index contributed by atoms with van der Waals surface area (Å²) < 4.78 is 12.3. The third kappa shape index (κ3) is 7.86. The molecular formula is C27H41NO3. The van der Waals surface area contributed by atoms with Crippen LogP contribution in [0.1, 0.15) is 69.7 Å². The fourth-order valence-corrected chi connectivity index (χ4v) is 3.80. The zero-order valence-corrected chi connectivity index (χ0v) is 20.3. The first kappa shape index (κ1) is 25.2. The standard InChI is InChI=1S/C27H41NO3/c1-7-24-13-9-11-21(5)27(24)31-22(6)12-10-16-28(8-2)18-25-15-14-23(19-29)17-26(25)30-20(3)4/h9,11,13-15,17,20,22,29H,7-8,10,12,16,18-19H2,1-6H3. The van der Waals surface area contributed by atoms with Gasteiger partial charge in [0.05, 0.1) is 18.8 Å². The quantitative estimate of drug-likeness (QED) is 0.432. The van der Waals surface area contributed by atoms with E-state index in [1.165, 1.54) is 16.7 Å². The minimum absolute atomic E-state index is 0.0325. The molecular weight excluding hydrogens is 386 g/mol. The Morgan fingerprint density at radius 3 is 2.42 bits per heavy atom. The summed E-state index contributed by atoms with van der Waals surface area (Å²) in [7, 11) is 0. The van der Waals surface area contributed by atoms with Crippen molar-refractivity contribution in [3.05, 3.63) is 58.7 Å². The normalized spacial score (nSPS) is 12.4. The number of hydrogen-bond acceptors (Lipinski definition) is 4. The molecule has 2 aromatic rings. The molecule has 2 rings (SSSR count). The number of benzene rings is 2. The maximum Gasteiger partial charge on any atom is 0.125 e. The highest BCUT2D eigenvalue weighted by atomic mass is 16.5. The molecule has 0 saturated heterocycles. The van der Waals surface area contributed by atoms with Crippen LogP contribution in [0.5, 0.6) is 11.5 Å². The lowest BCUT2D eigenvalue weighted by Gasteiger charge is -2.24. The Morgan fingerprint density at radius 2 is 1.77 bits per heavy atom. The van der Waals surface area contributed by atoms with Gasteiger partial charge in [-0.2, -0.15) is 0 Å². The highest BCUT2D eigenvalue weighted by molar-refractivity contribution is 5.41. The van der Waals surface area contributed by atoms with Gasteiger partial charge in [-0.1, -0.05) is 44.2 Å². The topological polar surface area (TPSA) is 41.9 Å². The molecule has 0 heterocycles. The van der Waals surface area contributed by atoms with Crippen LogP contribution in [0.3, 0.4) is 0 Å². The number of nitrogens with zero attached hydrogens (tertiary/aromatic N) is 1. The van der Waals surface area contributed by atoms with E-state index in [1.54, 1.807) is 0 Å². The molecule has 0 spiro atoms. The second-order valence-corrected chi connectivity index (χ2v) is 8.62. The third-order valence-electron chi connectivity index (χ3n) is 5.60. The summed E-state index contributed by atoms with van der Waals surface area (Å²) in [5.74, 6) is 1.94. The Labute approximate surface area is 189 Å². The first-order valence-corrected chi connectivity index (χ1v) is 11.7. The van der Waals surface area contributed by atoms with Crippen LogP contribution in [0.4, 0.5) is 0 Å². The van der Waals surface area contributed by atoms with Crippen molar-refractivity contribution in [2.75, 3.05) is 13.1 Å². The number of hydrogen-bond donors (Lipinski definition) is 1. The van der Waals surface area contributed by atoms with Crippen LogP contribution < -0.4 is 9.47 Å². The van der Waals surface area contributed by atoms with E-state index in [1.807, 2.05) is 26.0 Å². The maximum absolute atomic E-state index is 9.46. The van der Waals surface area contributed by atoms with Crippen molar-refractivity contribution in [3.8, 4) is 11.5 Å². The van der Waals surface area contributed by atoms with Crippen molar-refractivity contribution < 1.29 is 14.6 Å². The minimum Gasteiger partial charge on any atom is -0.491 e. The van der Waals surface area contributed by atoms with Crippen molar-refractivity contribution in [2.24, 2.45) is 0 Å². The zero-order chi connectivity index (χ0) is 22.8. The van der Waals surface area contributed by atoms with Crippen molar-refractivity contribution in [1.29, 1.82) is 0 Å². The Hall–Kier alpha value is -2.04. The Bertz CT molecular complexity index is 803. The lowest BCUT2D eigenvalue weighted by molar-refractivity contribution is 0.188. The van der Waals surface area contributed by atoms with Crippen LogP contribution in [0.2, 0.25) is 0 Å². The van der Waals surface area contributed by atoms with Crippen LogP contribution in [-0.2, 0) is 19.6 Å². The van der Waals surface area contributed by atoms with E-state index in [2.05, 4.69) is 56.9 Å². The molecule has 0 aliphatic rings. The molecule has 4 heteroatoms. The molecule has 0 aliphatic carbocycles. The van der Waals surface area contributed by atoms with Gasteiger partial charge in [-0.3, -0.25) is 4.90 Å². The van der Waals surface area contributed by atoms with Crippen molar-refractivity contribution in [2.45, 2.75) is 86.2 Å². The van der Waals surface area contributed by atoms with Crippen LogP contribution >= 0.6 is 0 Å². The van der Waals surface area contributed by atoms with Crippen molar-refractivity contribution >= 4 is 0 Å². The van der Waals surface area contributed by atoms with Gasteiger partial charge in [0.25, 0.3) is 0 Å². The van der Waals surface area contributed by atoms with Crippen LogP contribution in [0.15, 0.2) is 36.4 Å². The SMILES string of the molecule is CCc1cccc(C)c1OC(C)CCCN(CC)Cc1ccc(CO)cc1OC(C)C. The van der Waals surface area contributed by atoms with E-state index >= 15 is 0 Å². The second-order valence-electron chi connectivity index (χ2n) is 8.62. The minimum atomic E-state index is 0.0325. The molecule has 0 aromatic heterocycles. The predicted molar refractivity (Wildman–Crippen MR) is 129 cm³/mol. The van der Waals surface area contributed by atoms with Gasteiger partial charge < -0.3 is 14.6 Å². The summed E-state index contributed by atoms with van der Waals surface area (Å²) in [6, 6.07) is 12.4. The summed E-state index contributed by atoms with van der Waals surface area (Å²) in [6.07, 6.45) is 3.39. The molecule has 2 aromatic carbocycles. The van der Waals surface area contributed by atoms with Crippen molar-refractivity contribution in [3.63, 3.8) is 0 Å². The van der Waals surface area contributed by atoms with E-state index in [9.17, 15) is 5.11 Å². The van der Waals surface area contributed by atoms with E-state index in [-0.39, 0.29) is 18.8 Å². The molecule has 1 unspecified atom stereocenters. The molecule has 31 heavy (non-hydrogen) atoms. The second kappa shape index (κ2) is 12.7. The Balaban J connectivity index is 1.93. The lowest BCUT2D eigenvalue weighted by atomic mass is 10.1. The van der Waals surface area contributed by atoms with Crippen LogP contribution in [0, 0.1) is 6.92 Å². The van der Waals surface area contributed by atoms with E-state index in [4.69, 9.17) is 9.47 Å². The molecule has 0 bridgehead atoms. The number of ether oxygens (including phenoxy) is 2. The molecule has 0 fully saturated rings.